The van der Waals surface area contributed by atoms with E-state index in [0.717, 1.165) is 30.8 Å². The molecule has 0 unspecified atom stereocenters. The summed E-state index contributed by atoms with van der Waals surface area (Å²) in [5.41, 5.74) is 2.14. The number of aryl methyl sites for hydroxylation is 2. The van der Waals surface area contributed by atoms with Gasteiger partial charge in [-0.25, -0.2) is 4.68 Å². The van der Waals surface area contributed by atoms with Crippen LogP contribution in [0.3, 0.4) is 0 Å². The van der Waals surface area contributed by atoms with Crippen LogP contribution >= 0.6 is 0 Å². The Hall–Kier alpha value is -2.75. The molecule has 3 heterocycles. The van der Waals surface area contributed by atoms with Crippen molar-refractivity contribution in [3.63, 3.8) is 0 Å². The summed E-state index contributed by atoms with van der Waals surface area (Å²) in [7, 11) is 1.58. The molecule has 3 rings (SSSR count). The second-order valence-electron chi connectivity index (χ2n) is 7.04. The Morgan fingerprint density at radius 2 is 2.18 bits per heavy atom. The van der Waals surface area contributed by atoms with Gasteiger partial charge in [0.25, 0.3) is 5.91 Å². The van der Waals surface area contributed by atoms with Gasteiger partial charge in [-0.2, -0.15) is 5.10 Å². The maximum absolute atomic E-state index is 12.8. The van der Waals surface area contributed by atoms with Crippen molar-refractivity contribution in [1.82, 2.24) is 35.0 Å². The predicted octanol–water partition coefficient (Wildman–Crippen LogP) is 0.159. The van der Waals surface area contributed by atoms with Gasteiger partial charge in [0.15, 0.2) is 5.69 Å². The molecule has 0 aliphatic carbocycles. The number of aromatic nitrogens is 5. The van der Waals surface area contributed by atoms with Crippen molar-refractivity contribution in [3.8, 4) is 0 Å². The Kier molecular flexibility index (Phi) is 6.40. The number of ether oxygens (including phenoxy) is 1. The van der Waals surface area contributed by atoms with Crippen molar-refractivity contribution in [1.29, 1.82) is 0 Å². The van der Waals surface area contributed by atoms with Crippen molar-refractivity contribution in [2.24, 2.45) is 0 Å². The van der Waals surface area contributed by atoms with Gasteiger partial charge in [-0.1, -0.05) is 5.21 Å². The minimum atomic E-state index is -0.285. The maximum atomic E-state index is 12.8. The molecule has 1 atom stereocenters. The monoisotopic (exact) mass is 389 g/mol. The summed E-state index contributed by atoms with van der Waals surface area (Å²) >= 11 is 0. The van der Waals surface area contributed by atoms with Crippen molar-refractivity contribution >= 4 is 11.8 Å². The molecule has 10 heteroatoms. The van der Waals surface area contributed by atoms with Crippen molar-refractivity contribution in [2.45, 2.75) is 45.8 Å². The quantitative estimate of drug-likeness (QED) is 0.645. The summed E-state index contributed by atoms with van der Waals surface area (Å²) in [6.07, 6.45) is 3.47. The number of amides is 2. The second-order valence-corrected chi connectivity index (χ2v) is 7.04. The number of methoxy groups -OCH3 is 1. The SMILES string of the molecule is COCCNC(=O)c1cn(C[C@@H]2CCCN2C(=O)Cn2nc(C)cc2C)nn1. The first-order chi connectivity index (χ1) is 13.5. The van der Waals surface area contributed by atoms with E-state index < -0.39 is 0 Å². The van der Waals surface area contributed by atoms with Gasteiger partial charge >= 0.3 is 0 Å². The molecule has 1 saturated heterocycles. The summed E-state index contributed by atoms with van der Waals surface area (Å²) in [5, 5.41) is 15.1. The molecule has 0 saturated carbocycles. The van der Waals surface area contributed by atoms with E-state index in [-0.39, 0.29) is 30.1 Å². The van der Waals surface area contributed by atoms with Crippen LogP contribution in [-0.4, -0.2) is 74.3 Å². The average molecular weight is 389 g/mol. The van der Waals surface area contributed by atoms with Gasteiger partial charge in [-0.15, -0.1) is 5.10 Å². The molecule has 1 aliphatic heterocycles. The lowest BCUT2D eigenvalue weighted by atomic mass is 10.2. The maximum Gasteiger partial charge on any atom is 0.273 e. The fraction of sp³-hybridized carbons (Fsp3) is 0.611. The third-order valence-corrected chi connectivity index (χ3v) is 4.85. The van der Waals surface area contributed by atoms with Crippen molar-refractivity contribution < 1.29 is 14.3 Å². The van der Waals surface area contributed by atoms with Crippen molar-refractivity contribution in [3.05, 3.63) is 29.3 Å². The smallest absolute Gasteiger partial charge is 0.273 e. The predicted molar refractivity (Wildman–Crippen MR) is 101 cm³/mol. The summed E-state index contributed by atoms with van der Waals surface area (Å²) in [4.78, 5) is 26.7. The molecule has 2 aromatic rings. The third kappa shape index (κ3) is 4.75. The van der Waals surface area contributed by atoms with Crippen LogP contribution in [0.2, 0.25) is 0 Å². The molecule has 1 fully saturated rings. The molecule has 0 spiro atoms. The molecule has 2 amide bonds. The summed E-state index contributed by atoms with van der Waals surface area (Å²) < 4.78 is 8.28. The molecule has 1 aliphatic rings. The number of nitrogens with one attached hydrogen (secondary N) is 1. The van der Waals surface area contributed by atoms with Crippen LogP contribution in [0.5, 0.6) is 0 Å². The molecule has 152 valence electrons. The van der Waals surface area contributed by atoms with E-state index >= 15 is 0 Å². The first-order valence-electron chi connectivity index (χ1n) is 9.45. The molecular weight excluding hydrogens is 362 g/mol. The first-order valence-corrected chi connectivity index (χ1v) is 9.45. The normalized spacial score (nSPS) is 16.5. The molecule has 10 nitrogen and oxygen atoms in total. The first kappa shape index (κ1) is 20.0. The summed E-state index contributed by atoms with van der Waals surface area (Å²) in [6.45, 7) is 6.20. The van der Waals surface area contributed by atoms with Crippen molar-refractivity contribution in [2.75, 3.05) is 26.8 Å². The molecule has 1 N–H and O–H groups in total. The highest BCUT2D eigenvalue weighted by Crippen LogP contribution is 2.19. The van der Waals surface area contributed by atoms with Gasteiger partial charge in [0, 0.05) is 25.9 Å². The van der Waals surface area contributed by atoms with Crippen LogP contribution in [0.25, 0.3) is 0 Å². The number of carbonyl (C=O) groups excluding carboxylic acids is 2. The number of carbonyl (C=O) groups is 2. The third-order valence-electron chi connectivity index (χ3n) is 4.85. The average Bonchev–Trinajstić information content (AvgIpc) is 3.37. The van der Waals surface area contributed by atoms with Crippen LogP contribution in [0.15, 0.2) is 12.3 Å². The van der Waals surface area contributed by atoms with Gasteiger partial charge in [0.2, 0.25) is 5.91 Å². The van der Waals surface area contributed by atoms with Gasteiger partial charge in [0.1, 0.15) is 6.54 Å². The Labute approximate surface area is 163 Å². The lowest BCUT2D eigenvalue weighted by Gasteiger charge is -2.24. The van der Waals surface area contributed by atoms with Crippen LogP contribution in [0, 0.1) is 13.8 Å². The molecule has 2 aromatic heterocycles. The Morgan fingerprint density at radius 1 is 1.36 bits per heavy atom. The highest BCUT2D eigenvalue weighted by molar-refractivity contribution is 5.91. The Bertz CT molecular complexity index is 829. The lowest BCUT2D eigenvalue weighted by Crippen LogP contribution is -2.40. The van der Waals surface area contributed by atoms with Gasteiger partial charge in [-0.3, -0.25) is 14.3 Å². The van der Waals surface area contributed by atoms with Crippen LogP contribution in [0.4, 0.5) is 0 Å². The van der Waals surface area contributed by atoms with Gasteiger partial charge in [0.05, 0.1) is 31.1 Å². The van der Waals surface area contributed by atoms with E-state index in [4.69, 9.17) is 4.74 Å². The van der Waals surface area contributed by atoms with Crippen LogP contribution in [0.1, 0.15) is 34.7 Å². The molecule has 0 bridgehead atoms. The second kappa shape index (κ2) is 8.96. The van der Waals surface area contributed by atoms with E-state index in [1.54, 1.807) is 22.7 Å². The van der Waals surface area contributed by atoms with E-state index in [1.807, 2.05) is 24.8 Å². The summed E-state index contributed by atoms with van der Waals surface area (Å²) in [6, 6.07) is 2.00. The fourth-order valence-electron chi connectivity index (χ4n) is 3.47. The van der Waals surface area contributed by atoms with Crippen LogP contribution < -0.4 is 5.32 Å². The lowest BCUT2D eigenvalue weighted by molar-refractivity contribution is -0.133. The zero-order valence-electron chi connectivity index (χ0n) is 16.6. The Balaban J connectivity index is 1.58. The highest BCUT2D eigenvalue weighted by atomic mass is 16.5. The van der Waals surface area contributed by atoms with Crippen LogP contribution in [-0.2, 0) is 22.6 Å². The summed E-state index contributed by atoms with van der Waals surface area (Å²) in [5.74, 6) is -0.237. The zero-order chi connectivity index (χ0) is 20.1. The van der Waals surface area contributed by atoms with Gasteiger partial charge in [-0.05, 0) is 32.8 Å². The standard InChI is InChI=1S/C18H27N7O3/c1-13-9-14(2)25(21-13)12-17(26)24-7-4-5-15(24)10-23-11-16(20-22-23)18(27)19-6-8-28-3/h9,11,15H,4-8,10,12H2,1-3H3,(H,19,27)/t15-/m0/s1. The van der Waals surface area contributed by atoms with E-state index in [1.165, 1.54) is 0 Å². The van der Waals surface area contributed by atoms with Gasteiger partial charge < -0.3 is 15.0 Å². The highest BCUT2D eigenvalue weighted by Gasteiger charge is 2.30. The number of hydrogen-bond acceptors (Lipinski definition) is 6. The molecule has 28 heavy (non-hydrogen) atoms. The fourth-order valence-corrected chi connectivity index (χ4v) is 3.47. The topological polar surface area (TPSA) is 107 Å². The van der Waals surface area contributed by atoms with E-state index in [0.29, 0.717) is 19.7 Å². The van der Waals surface area contributed by atoms with E-state index in [9.17, 15) is 9.59 Å². The number of rotatable bonds is 8. The minimum absolute atomic E-state index is 0.0376. The zero-order valence-corrected chi connectivity index (χ0v) is 16.6. The number of likely N-dealkylation sites (tertiary alicyclic amines) is 1. The largest absolute Gasteiger partial charge is 0.383 e. The molecular formula is C18H27N7O3. The Morgan fingerprint density at radius 3 is 2.89 bits per heavy atom. The number of nitrogens with zero attached hydrogens (tertiary/aromatic N) is 6. The minimum Gasteiger partial charge on any atom is -0.383 e. The molecule has 0 aromatic carbocycles. The number of hydrogen-bond donors (Lipinski definition) is 1. The molecule has 0 radical (unpaired) electrons. The van der Waals surface area contributed by atoms with E-state index in [2.05, 4.69) is 20.7 Å².